The van der Waals surface area contributed by atoms with Crippen LogP contribution in [0, 0.1) is 0 Å². The molecule has 0 aliphatic heterocycles. The highest BCUT2D eigenvalue weighted by Crippen LogP contribution is 2.32. The lowest BCUT2D eigenvalue weighted by Gasteiger charge is -2.23. The van der Waals surface area contributed by atoms with E-state index >= 15 is 0 Å². The van der Waals surface area contributed by atoms with E-state index in [0.717, 1.165) is 10.6 Å². The number of anilines is 1. The highest BCUT2D eigenvalue weighted by molar-refractivity contribution is 7.92. The van der Waals surface area contributed by atoms with E-state index in [0.29, 0.717) is 16.5 Å². The van der Waals surface area contributed by atoms with Crippen molar-refractivity contribution in [3.8, 4) is 5.75 Å². The van der Waals surface area contributed by atoms with E-state index in [1.165, 1.54) is 25.5 Å². The summed E-state index contributed by atoms with van der Waals surface area (Å²) in [5.41, 5.74) is 0.195. The van der Waals surface area contributed by atoms with Gasteiger partial charge in [0.15, 0.2) is 0 Å². The minimum Gasteiger partial charge on any atom is -0.495 e. The van der Waals surface area contributed by atoms with Gasteiger partial charge in [0, 0.05) is 5.02 Å². The van der Waals surface area contributed by atoms with Crippen molar-refractivity contribution >= 4 is 33.2 Å². The SMILES string of the molecule is COc1ccc(Cl)cc1N(CC(=O)NCc1ccco1)S(C)(=O)=O. The van der Waals surface area contributed by atoms with E-state index in [1.807, 2.05) is 0 Å². The maximum absolute atomic E-state index is 12.1. The maximum atomic E-state index is 12.1. The van der Waals surface area contributed by atoms with Crippen LogP contribution in [0.15, 0.2) is 41.0 Å². The third-order valence-electron chi connectivity index (χ3n) is 3.14. The largest absolute Gasteiger partial charge is 0.495 e. The van der Waals surface area contributed by atoms with Crippen LogP contribution in [0.3, 0.4) is 0 Å². The Morgan fingerprint density at radius 3 is 2.71 bits per heavy atom. The molecule has 0 unspecified atom stereocenters. The number of amides is 1. The third kappa shape index (κ3) is 4.65. The lowest BCUT2D eigenvalue weighted by atomic mass is 10.3. The van der Waals surface area contributed by atoms with Crippen molar-refractivity contribution in [2.75, 3.05) is 24.2 Å². The average molecular weight is 373 g/mol. The number of sulfonamides is 1. The summed E-state index contributed by atoms with van der Waals surface area (Å²) in [4.78, 5) is 12.1. The average Bonchev–Trinajstić information content (AvgIpc) is 3.03. The first-order valence-corrected chi connectivity index (χ1v) is 9.14. The molecule has 0 atom stereocenters. The predicted octanol–water partition coefficient (Wildman–Crippen LogP) is 2.02. The number of nitrogens with one attached hydrogen (secondary N) is 1. The summed E-state index contributed by atoms with van der Waals surface area (Å²) in [7, 11) is -2.32. The topological polar surface area (TPSA) is 88.8 Å². The molecule has 1 heterocycles. The van der Waals surface area contributed by atoms with Crippen molar-refractivity contribution in [2.24, 2.45) is 0 Å². The molecule has 0 aliphatic carbocycles. The number of carbonyl (C=O) groups excluding carboxylic acids is 1. The van der Waals surface area contributed by atoms with Crippen LogP contribution < -0.4 is 14.4 Å². The van der Waals surface area contributed by atoms with E-state index in [-0.39, 0.29) is 12.2 Å². The number of methoxy groups -OCH3 is 1. The molecule has 2 aromatic rings. The molecule has 0 spiro atoms. The van der Waals surface area contributed by atoms with Crippen molar-refractivity contribution < 1.29 is 22.4 Å². The molecular formula is C15H17ClN2O5S. The number of halogens is 1. The van der Waals surface area contributed by atoms with Crippen LogP contribution in [0.1, 0.15) is 5.76 Å². The Hall–Kier alpha value is -2.19. The quantitative estimate of drug-likeness (QED) is 0.803. The van der Waals surface area contributed by atoms with Crippen LogP contribution in [0.4, 0.5) is 5.69 Å². The second-order valence-electron chi connectivity index (χ2n) is 4.94. The standard InChI is InChI=1S/C15H17ClN2O5S/c1-22-14-6-5-11(16)8-13(14)18(24(2,20)21)10-15(19)17-9-12-4-3-7-23-12/h3-8H,9-10H2,1-2H3,(H,17,19). The molecule has 9 heteroatoms. The lowest BCUT2D eigenvalue weighted by Crippen LogP contribution is -2.40. The van der Waals surface area contributed by atoms with Gasteiger partial charge in [-0.05, 0) is 30.3 Å². The Morgan fingerprint density at radius 2 is 2.12 bits per heavy atom. The van der Waals surface area contributed by atoms with Crippen LogP contribution in [-0.2, 0) is 21.4 Å². The Kier molecular flexibility index (Phi) is 5.74. The maximum Gasteiger partial charge on any atom is 0.241 e. The fourth-order valence-corrected chi connectivity index (χ4v) is 3.04. The van der Waals surface area contributed by atoms with E-state index in [4.69, 9.17) is 20.8 Å². The molecule has 0 radical (unpaired) electrons. The van der Waals surface area contributed by atoms with E-state index in [2.05, 4.69) is 5.32 Å². The summed E-state index contributed by atoms with van der Waals surface area (Å²) >= 11 is 5.94. The van der Waals surface area contributed by atoms with Gasteiger partial charge in [0.2, 0.25) is 15.9 Å². The molecule has 1 N–H and O–H groups in total. The predicted molar refractivity (Wildman–Crippen MR) is 90.7 cm³/mol. The first-order chi connectivity index (χ1) is 11.3. The highest BCUT2D eigenvalue weighted by Gasteiger charge is 2.24. The zero-order chi connectivity index (χ0) is 17.7. The van der Waals surface area contributed by atoms with Crippen molar-refractivity contribution in [1.29, 1.82) is 0 Å². The fraction of sp³-hybridized carbons (Fsp3) is 0.267. The summed E-state index contributed by atoms with van der Waals surface area (Å²) in [6.07, 6.45) is 2.49. The van der Waals surface area contributed by atoms with Crippen molar-refractivity contribution in [3.63, 3.8) is 0 Å². The normalized spacial score (nSPS) is 11.1. The van der Waals surface area contributed by atoms with Gasteiger partial charge in [-0.3, -0.25) is 9.10 Å². The molecule has 24 heavy (non-hydrogen) atoms. The number of hydrogen-bond donors (Lipinski definition) is 1. The Bertz CT molecular complexity index is 805. The van der Waals surface area contributed by atoms with Gasteiger partial charge in [-0.25, -0.2) is 8.42 Å². The molecule has 7 nitrogen and oxygen atoms in total. The number of nitrogens with zero attached hydrogens (tertiary/aromatic N) is 1. The molecule has 0 aliphatic rings. The van der Waals surface area contributed by atoms with Crippen molar-refractivity contribution in [3.05, 3.63) is 47.4 Å². The zero-order valence-corrected chi connectivity index (χ0v) is 14.7. The second-order valence-corrected chi connectivity index (χ2v) is 7.29. The van der Waals surface area contributed by atoms with Gasteiger partial charge in [0.05, 0.1) is 31.9 Å². The van der Waals surface area contributed by atoms with E-state index in [1.54, 1.807) is 18.2 Å². The van der Waals surface area contributed by atoms with Crippen LogP contribution in [0.25, 0.3) is 0 Å². The zero-order valence-electron chi connectivity index (χ0n) is 13.2. The summed E-state index contributed by atoms with van der Waals surface area (Å²) in [6.45, 7) is -0.244. The number of ether oxygens (including phenoxy) is 1. The second kappa shape index (κ2) is 7.59. The first-order valence-electron chi connectivity index (χ1n) is 6.91. The van der Waals surface area contributed by atoms with Crippen molar-refractivity contribution in [1.82, 2.24) is 5.32 Å². The molecule has 1 aromatic carbocycles. The number of furan rings is 1. The Morgan fingerprint density at radius 1 is 1.38 bits per heavy atom. The van der Waals surface area contributed by atoms with Gasteiger partial charge in [0.25, 0.3) is 0 Å². The van der Waals surface area contributed by atoms with Crippen LogP contribution >= 0.6 is 11.6 Å². The van der Waals surface area contributed by atoms with Gasteiger partial charge in [-0.15, -0.1) is 0 Å². The monoisotopic (exact) mass is 372 g/mol. The minimum absolute atomic E-state index is 0.163. The minimum atomic E-state index is -3.72. The first kappa shape index (κ1) is 18.2. The lowest BCUT2D eigenvalue weighted by molar-refractivity contribution is -0.119. The Labute approximate surface area is 145 Å². The number of carbonyl (C=O) groups is 1. The van der Waals surface area contributed by atoms with Gasteiger partial charge >= 0.3 is 0 Å². The van der Waals surface area contributed by atoms with E-state index in [9.17, 15) is 13.2 Å². The number of benzene rings is 1. The summed E-state index contributed by atoms with van der Waals surface area (Å²) in [5, 5.41) is 2.93. The van der Waals surface area contributed by atoms with Crippen molar-refractivity contribution in [2.45, 2.75) is 6.54 Å². The molecule has 0 fully saturated rings. The fourth-order valence-electron chi connectivity index (χ4n) is 2.02. The molecule has 0 saturated heterocycles. The van der Waals surface area contributed by atoms with Gasteiger partial charge in [-0.1, -0.05) is 11.6 Å². The van der Waals surface area contributed by atoms with Gasteiger partial charge < -0.3 is 14.5 Å². The van der Waals surface area contributed by atoms with Crippen LogP contribution in [0.2, 0.25) is 5.02 Å². The molecule has 2 rings (SSSR count). The van der Waals surface area contributed by atoms with E-state index < -0.39 is 22.5 Å². The Balaban J connectivity index is 2.20. The molecule has 130 valence electrons. The van der Waals surface area contributed by atoms with Gasteiger partial charge in [-0.2, -0.15) is 0 Å². The third-order valence-corrected chi connectivity index (χ3v) is 4.50. The molecular weight excluding hydrogens is 356 g/mol. The summed E-state index contributed by atoms with van der Waals surface area (Å²) in [6, 6.07) is 7.94. The van der Waals surface area contributed by atoms with Crippen LogP contribution in [-0.4, -0.2) is 34.2 Å². The molecule has 0 bridgehead atoms. The van der Waals surface area contributed by atoms with Crippen LogP contribution in [0.5, 0.6) is 5.75 Å². The smallest absolute Gasteiger partial charge is 0.241 e. The number of hydrogen-bond acceptors (Lipinski definition) is 5. The highest BCUT2D eigenvalue weighted by atomic mass is 35.5. The summed E-state index contributed by atoms with van der Waals surface area (Å²) < 4.78 is 35.4. The molecule has 1 aromatic heterocycles. The van der Waals surface area contributed by atoms with Gasteiger partial charge in [0.1, 0.15) is 18.1 Å². The summed E-state index contributed by atoms with van der Waals surface area (Å²) in [5.74, 6) is 0.372. The molecule has 1 amide bonds. The number of rotatable bonds is 7. The molecule has 0 saturated carbocycles.